The van der Waals surface area contributed by atoms with Crippen molar-refractivity contribution in [3.63, 3.8) is 0 Å². The number of aromatic nitrogens is 1. The Kier molecular flexibility index (Phi) is 2.77. The minimum atomic E-state index is 0.0910. The molecule has 3 N–H and O–H groups in total. The van der Waals surface area contributed by atoms with E-state index in [1.165, 1.54) is 0 Å². The molecule has 1 saturated heterocycles. The van der Waals surface area contributed by atoms with Crippen LogP contribution in [0.5, 0.6) is 0 Å². The molecule has 4 heteroatoms. The molecule has 0 atom stereocenters. The summed E-state index contributed by atoms with van der Waals surface area (Å²) in [5.74, 6) is 0. The second-order valence-corrected chi connectivity index (χ2v) is 4.26. The van der Waals surface area contributed by atoms with Crippen LogP contribution in [0.25, 0.3) is 0 Å². The Morgan fingerprint density at radius 2 is 2.20 bits per heavy atom. The predicted octanol–water partition coefficient (Wildman–Crippen LogP) is 1.64. The zero-order valence-electron chi connectivity index (χ0n) is 8.99. The summed E-state index contributed by atoms with van der Waals surface area (Å²) in [5.41, 5.74) is 7.60. The first-order chi connectivity index (χ1) is 7.20. The number of nitrogen functional groups attached to an aromatic ring is 1. The number of ether oxygens (including phenoxy) is 1. The van der Waals surface area contributed by atoms with Gasteiger partial charge in [-0.2, -0.15) is 0 Å². The predicted molar refractivity (Wildman–Crippen MR) is 60.7 cm³/mol. The van der Waals surface area contributed by atoms with Crippen LogP contribution >= 0.6 is 0 Å². The smallest absolute Gasteiger partial charge is 0.0736 e. The van der Waals surface area contributed by atoms with E-state index in [4.69, 9.17) is 10.5 Å². The molecule has 0 amide bonds. The second-order valence-electron chi connectivity index (χ2n) is 4.26. The zero-order valence-corrected chi connectivity index (χ0v) is 8.99. The lowest BCUT2D eigenvalue weighted by molar-refractivity contribution is 0.0658. The number of nitrogens with one attached hydrogen (secondary N) is 1. The van der Waals surface area contributed by atoms with Gasteiger partial charge >= 0.3 is 0 Å². The van der Waals surface area contributed by atoms with E-state index < -0.39 is 0 Å². The van der Waals surface area contributed by atoms with Crippen molar-refractivity contribution in [3.8, 4) is 0 Å². The molecule has 0 bridgehead atoms. The van der Waals surface area contributed by atoms with E-state index in [9.17, 15) is 0 Å². The molecule has 0 saturated carbocycles. The molecule has 0 radical (unpaired) electrons. The molecule has 1 fully saturated rings. The number of anilines is 2. The first-order valence-electron chi connectivity index (χ1n) is 5.25. The van der Waals surface area contributed by atoms with Crippen LogP contribution in [0.15, 0.2) is 18.5 Å². The monoisotopic (exact) mass is 207 g/mol. The summed E-state index contributed by atoms with van der Waals surface area (Å²) in [5, 5.41) is 3.48. The average molecular weight is 207 g/mol. The Labute approximate surface area is 89.8 Å². The van der Waals surface area contributed by atoms with Gasteiger partial charge in [-0.3, -0.25) is 4.98 Å². The molecule has 82 valence electrons. The fraction of sp³-hybridized carbons (Fsp3) is 0.545. The number of nitrogens with two attached hydrogens (primary N) is 1. The van der Waals surface area contributed by atoms with Crippen molar-refractivity contribution < 1.29 is 4.74 Å². The first-order valence-corrected chi connectivity index (χ1v) is 5.25. The van der Waals surface area contributed by atoms with Gasteiger partial charge in [0.1, 0.15) is 0 Å². The van der Waals surface area contributed by atoms with E-state index >= 15 is 0 Å². The third kappa shape index (κ3) is 2.39. The molecule has 0 unspecified atom stereocenters. The van der Waals surface area contributed by atoms with Crippen molar-refractivity contribution in [2.75, 3.05) is 24.3 Å². The third-order valence-corrected chi connectivity index (χ3v) is 2.88. The standard InChI is InChI=1S/C11H17N3O/c1-11(3-6-15-7-4-11)14-10-2-5-13-8-9(10)12/h2,5,8H,3-4,6-7,12H2,1H3,(H,13,14). The molecule has 1 aliphatic heterocycles. The topological polar surface area (TPSA) is 60.2 Å². The Bertz CT molecular complexity index is 334. The van der Waals surface area contributed by atoms with Gasteiger partial charge in [0.15, 0.2) is 0 Å². The normalized spacial score (nSPS) is 19.8. The highest BCUT2D eigenvalue weighted by molar-refractivity contribution is 5.65. The molecule has 0 aromatic carbocycles. The molecule has 1 aliphatic rings. The van der Waals surface area contributed by atoms with Gasteiger partial charge < -0.3 is 15.8 Å². The highest BCUT2D eigenvalue weighted by Crippen LogP contribution is 2.27. The summed E-state index contributed by atoms with van der Waals surface area (Å²) >= 11 is 0. The molecule has 0 spiro atoms. The Morgan fingerprint density at radius 1 is 1.47 bits per heavy atom. The minimum Gasteiger partial charge on any atom is -0.396 e. The number of pyridine rings is 1. The van der Waals surface area contributed by atoms with Gasteiger partial charge in [-0.25, -0.2) is 0 Å². The lowest BCUT2D eigenvalue weighted by Gasteiger charge is -2.35. The van der Waals surface area contributed by atoms with Crippen LogP contribution in [0.1, 0.15) is 19.8 Å². The SMILES string of the molecule is CC1(Nc2ccncc2N)CCOCC1. The van der Waals surface area contributed by atoms with Crippen LogP contribution in [0.3, 0.4) is 0 Å². The molecular formula is C11H17N3O. The maximum Gasteiger partial charge on any atom is 0.0736 e. The first kappa shape index (κ1) is 10.2. The molecule has 1 aromatic rings. The van der Waals surface area contributed by atoms with Crippen LogP contribution in [0, 0.1) is 0 Å². The fourth-order valence-electron chi connectivity index (χ4n) is 1.79. The molecular weight excluding hydrogens is 190 g/mol. The highest BCUT2D eigenvalue weighted by Gasteiger charge is 2.27. The van der Waals surface area contributed by atoms with Gasteiger partial charge in [-0.1, -0.05) is 0 Å². The number of nitrogens with zero attached hydrogens (tertiary/aromatic N) is 1. The van der Waals surface area contributed by atoms with Gasteiger partial charge in [0.05, 0.1) is 17.6 Å². The number of hydrogen-bond acceptors (Lipinski definition) is 4. The van der Waals surface area contributed by atoms with Gasteiger partial charge in [0.25, 0.3) is 0 Å². The van der Waals surface area contributed by atoms with Crippen molar-refractivity contribution in [3.05, 3.63) is 18.5 Å². The summed E-state index contributed by atoms with van der Waals surface area (Å²) in [6, 6.07) is 1.91. The van der Waals surface area contributed by atoms with Crippen LogP contribution in [-0.4, -0.2) is 23.7 Å². The van der Waals surface area contributed by atoms with Gasteiger partial charge in [0, 0.05) is 24.9 Å². The van der Waals surface area contributed by atoms with Crippen LogP contribution in [0.4, 0.5) is 11.4 Å². The van der Waals surface area contributed by atoms with E-state index in [1.54, 1.807) is 12.4 Å². The largest absolute Gasteiger partial charge is 0.396 e. The minimum absolute atomic E-state index is 0.0910. The molecule has 1 aromatic heterocycles. The van der Waals surface area contributed by atoms with E-state index in [0.717, 1.165) is 31.7 Å². The summed E-state index contributed by atoms with van der Waals surface area (Å²) in [4.78, 5) is 3.97. The van der Waals surface area contributed by atoms with Crippen molar-refractivity contribution in [1.82, 2.24) is 4.98 Å². The van der Waals surface area contributed by atoms with Crippen LogP contribution in [-0.2, 0) is 4.74 Å². The number of hydrogen-bond donors (Lipinski definition) is 2. The Balaban J connectivity index is 2.10. The van der Waals surface area contributed by atoms with Crippen molar-refractivity contribution in [1.29, 1.82) is 0 Å². The number of rotatable bonds is 2. The summed E-state index contributed by atoms with van der Waals surface area (Å²) in [7, 11) is 0. The average Bonchev–Trinajstić information content (AvgIpc) is 2.22. The molecule has 15 heavy (non-hydrogen) atoms. The van der Waals surface area contributed by atoms with E-state index in [2.05, 4.69) is 17.2 Å². The lowest BCUT2D eigenvalue weighted by Crippen LogP contribution is -2.40. The summed E-state index contributed by atoms with van der Waals surface area (Å²) in [6.07, 6.45) is 5.44. The molecule has 2 heterocycles. The lowest BCUT2D eigenvalue weighted by atomic mass is 9.92. The third-order valence-electron chi connectivity index (χ3n) is 2.88. The van der Waals surface area contributed by atoms with E-state index in [0.29, 0.717) is 5.69 Å². The van der Waals surface area contributed by atoms with Crippen molar-refractivity contribution in [2.45, 2.75) is 25.3 Å². The van der Waals surface area contributed by atoms with Gasteiger partial charge in [-0.05, 0) is 25.8 Å². The highest BCUT2D eigenvalue weighted by atomic mass is 16.5. The van der Waals surface area contributed by atoms with Crippen molar-refractivity contribution in [2.24, 2.45) is 0 Å². The summed E-state index contributed by atoms with van der Waals surface area (Å²) < 4.78 is 5.35. The van der Waals surface area contributed by atoms with Gasteiger partial charge in [0.2, 0.25) is 0 Å². The fourth-order valence-corrected chi connectivity index (χ4v) is 1.79. The quantitative estimate of drug-likeness (QED) is 0.774. The molecule has 2 rings (SSSR count). The van der Waals surface area contributed by atoms with Crippen molar-refractivity contribution >= 4 is 11.4 Å². The molecule has 4 nitrogen and oxygen atoms in total. The van der Waals surface area contributed by atoms with E-state index in [1.807, 2.05) is 6.07 Å². The van der Waals surface area contributed by atoms with Crippen LogP contribution in [0.2, 0.25) is 0 Å². The molecule has 0 aliphatic carbocycles. The maximum absolute atomic E-state index is 5.84. The Hall–Kier alpha value is -1.29. The zero-order chi connectivity index (χ0) is 10.7. The second kappa shape index (κ2) is 4.06. The van der Waals surface area contributed by atoms with Gasteiger partial charge in [-0.15, -0.1) is 0 Å². The van der Waals surface area contributed by atoms with Crippen LogP contribution < -0.4 is 11.1 Å². The van der Waals surface area contributed by atoms with E-state index in [-0.39, 0.29) is 5.54 Å². The summed E-state index contributed by atoms with van der Waals surface area (Å²) in [6.45, 7) is 3.83. The maximum atomic E-state index is 5.84. The Morgan fingerprint density at radius 3 is 2.87 bits per heavy atom.